The summed E-state index contributed by atoms with van der Waals surface area (Å²) in [6, 6.07) is 6.92. The molecule has 0 spiro atoms. The fourth-order valence-corrected chi connectivity index (χ4v) is 4.46. The average Bonchev–Trinajstić information content (AvgIpc) is 3.13. The maximum Gasteiger partial charge on any atom is 0.411 e. The van der Waals surface area contributed by atoms with E-state index in [9.17, 15) is 14.4 Å². The number of hydrogen-bond donors (Lipinski definition) is 3. The monoisotopic (exact) mass is 415 g/mol. The Morgan fingerprint density at radius 2 is 2.00 bits per heavy atom. The molecule has 0 saturated carbocycles. The first-order valence-electron chi connectivity index (χ1n) is 9.50. The van der Waals surface area contributed by atoms with Gasteiger partial charge in [-0.1, -0.05) is 19.4 Å². The number of ether oxygens (including phenoxy) is 1. The van der Waals surface area contributed by atoms with Crippen molar-refractivity contribution in [1.29, 1.82) is 0 Å². The SMILES string of the molecule is COC(=O)Nc1ccc2c(c1)NC(=O)[C@H](C)CCCC(N)c1cc-2c(C(C)=O)s1. The number of ketones is 1. The summed E-state index contributed by atoms with van der Waals surface area (Å²) < 4.78 is 4.64. The molecule has 3 rings (SSSR count). The third-order valence-corrected chi connectivity index (χ3v) is 6.40. The van der Waals surface area contributed by atoms with Crippen LogP contribution in [0.25, 0.3) is 11.1 Å². The van der Waals surface area contributed by atoms with Gasteiger partial charge in [0.05, 0.1) is 17.7 Å². The highest BCUT2D eigenvalue weighted by Gasteiger charge is 2.23. The van der Waals surface area contributed by atoms with Crippen molar-refractivity contribution in [3.05, 3.63) is 34.0 Å². The second kappa shape index (κ2) is 8.75. The van der Waals surface area contributed by atoms with Gasteiger partial charge in [-0.25, -0.2) is 4.79 Å². The van der Waals surface area contributed by atoms with Gasteiger partial charge >= 0.3 is 6.09 Å². The van der Waals surface area contributed by atoms with Crippen LogP contribution in [-0.2, 0) is 9.53 Å². The Balaban J connectivity index is 2.16. The molecule has 4 N–H and O–H groups in total. The van der Waals surface area contributed by atoms with E-state index in [0.29, 0.717) is 28.2 Å². The number of benzene rings is 1. The lowest BCUT2D eigenvalue weighted by Gasteiger charge is -2.18. The maximum absolute atomic E-state index is 12.7. The quantitative estimate of drug-likeness (QED) is 0.623. The number of hydrogen-bond acceptors (Lipinski definition) is 6. The highest BCUT2D eigenvalue weighted by Crippen LogP contribution is 2.40. The fraction of sp³-hybridized carbons (Fsp3) is 0.381. The number of fused-ring (bicyclic) bond motifs is 4. The number of amides is 2. The van der Waals surface area contributed by atoms with Crippen LogP contribution in [0.5, 0.6) is 0 Å². The van der Waals surface area contributed by atoms with Crippen LogP contribution in [0.2, 0.25) is 0 Å². The number of carbonyl (C=O) groups excluding carboxylic acids is 3. The average molecular weight is 416 g/mol. The molecule has 0 fully saturated rings. The summed E-state index contributed by atoms with van der Waals surface area (Å²) >= 11 is 1.40. The summed E-state index contributed by atoms with van der Waals surface area (Å²) in [5, 5.41) is 5.57. The Labute approximate surface area is 173 Å². The van der Waals surface area contributed by atoms with Gasteiger partial charge in [0.2, 0.25) is 5.91 Å². The second-order valence-electron chi connectivity index (χ2n) is 7.25. The minimum absolute atomic E-state index is 0.0549. The molecular weight excluding hydrogens is 390 g/mol. The minimum atomic E-state index is -0.606. The first kappa shape index (κ1) is 21.0. The van der Waals surface area contributed by atoms with Gasteiger partial charge in [-0.05, 0) is 38.0 Å². The summed E-state index contributed by atoms with van der Waals surface area (Å²) in [6.07, 6.45) is 1.68. The van der Waals surface area contributed by atoms with Gasteiger partial charge in [0.15, 0.2) is 5.78 Å². The van der Waals surface area contributed by atoms with E-state index in [1.807, 2.05) is 13.0 Å². The number of Topliss-reactive ketones (excluding diaryl/α,β-unsaturated/α-hetero) is 1. The van der Waals surface area contributed by atoms with E-state index in [1.54, 1.807) is 18.2 Å². The van der Waals surface area contributed by atoms with Gasteiger partial charge in [0.25, 0.3) is 0 Å². The number of anilines is 2. The normalized spacial score (nSPS) is 19.2. The van der Waals surface area contributed by atoms with Crippen molar-refractivity contribution in [2.75, 3.05) is 17.7 Å². The lowest BCUT2D eigenvalue weighted by atomic mass is 9.96. The Kier molecular flexibility index (Phi) is 6.34. The Hall–Kier alpha value is -2.71. The highest BCUT2D eigenvalue weighted by molar-refractivity contribution is 7.14. The van der Waals surface area contributed by atoms with Crippen molar-refractivity contribution in [3.8, 4) is 11.1 Å². The van der Waals surface area contributed by atoms with Crippen LogP contribution >= 0.6 is 11.3 Å². The van der Waals surface area contributed by atoms with Crippen molar-refractivity contribution >= 4 is 40.5 Å². The van der Waals surface area contributed by atoms with Crippen LogP contribution in [0.15, 0.2) is 24.3 Å². The molecule has 1 aliphatic rings. The highest BCUT2D eigenvalue weighted by atomic mass is 32.1. The summed E-state index contributed by atoms with van der Waals surface area (Å²) in [6.45, 7) is 3.40. The molecule has 2 aromatic rings. The molecule has 0 radical (unpaired) electrons. The largest absolute Gasteiger partial charge is 0.453 e. The zero-order valence-electron chi connectivity index (χ0n) is 16.7. The molecule has 0 saturated heterocycles. The molecule has 1 unspecified atom stereocenters. The number of nitrogens with one attached hydrogen (secondary N) is 2. The van der Waals surface area contributed by atoms with Gasteiger partial charge < -0.3 is 15.8 Å². The molecule has 1 aliphatic heterocycles. The first-order chi connectivity index (χ1) is 13.8. The van der Waals surface area contributed by atoms with Crippen LogP contribution < -0.4 is 16.4 Å². The van der Waals surface area contributed by atoms with Crippen LogP contribution in [0, 0.1) is 5.92 Å². The molecule has 0 aliphatic carbocycles. The van der Waals surface area contributed by atoms with Crippen molar-refractivity contribution in [2.45, 2.75) is 39.2 Å². The van der Waals surface area contributed by atoms with Gasteiger partial charge in [-0.3, -0.25) is 14.9 Å². The Morgan fingerprint density at radius 3 is 2.69 bits per heavy atom. The van der Waals surface area contributed by atoms with E-state index in [0.717, 1.165) is 23.3 Å². The number of carbonyl (C=O) groups is 3. The van der Waals surface area contributed by atoms with Gasteiger partial charge in [0, 0.05) is 33.7 Å². The zero-order chi connectivity index (χ0) is 21.1. The molecule has 7 nitrogen and oxygen atoms in total. The predicted molar refractivity (Wildman–Crippen MR) is 114 cm³/mol. The molecule has 1 aromatic carbocycles. The van der Waals surface area contributed by atoms with Gasteiger partial charge in [0.1, 0.15) is 0 Å². The zero-order valence-corrected chi connectivity index (χ0v) is 17.5. The summed E-state index contributed by atoms with van der Waals surface area (Å²) in [7, 11) is 1.28. The Morgan fingerprint density at radius 1 is 1.24 bits per heavy atom. The van der Waals surface area contributed by atoms with Crippen LogP contribution in [-0.4, -0.2) is 24.9 Å². The minimum Gasteiger partial charge on any atom is -0.453 e. The van der Waals surface area contributed by atoms with Crippen LogP contribution in [0.1, 0.15) is 53.7 Å². The smallest absolute Gasteiger partial charge is 0.411 e. The third-order valence-electron chi connectivity index (χ3n) is 5.04. The number of thiophene rings is 1. The molecule has 29 heavy (non-hydrogen) atoms. The van der Waals surface area contributed by atoms with E-state index in [-0.39, 0.29) is 23.7 Å². The molecular formula is C21H25N3O4S. The van der Waals surface area contributed by atoms with E-state index in [4.69, 9.17) is 5.73 Å². The predicted octanol–water partition coefficient (Wildman–Crippen LogP) is 4.55. The number of rotatable bonds is 2. The maximum atomic E-state index is 12.7. The van der Waals surface area contributed by atoms with E-state index < -0.39 is 6.09 Å². The molecule has 1 aromatic heterocycles. The summed E-state index contributed by atoms with van der Waals surface area (Å²) in [4.78, 5) is 38.1. The third kappa shape index (κ3) is 4.65. The second-order valence-corrected chi connectivity index (χ2v) is 8.34. The molecule has 8 heteroatoms. The molecule has 2 bridgehead atoms. The summed E-state index contributed by atoms with van der Waals surface area (Å²) in [5.41, 5.74) is 8.81. The van der Waals surface area contributed by atoms with Crippen molar-refractivity contribution in [1.82, 2.24) is 0 Å². The van der Waals surface area contributed by atoms with Crippen LogP contribution in [0.4, 0.5) is 16.2 Å². The first-order valence-corrected chi connectivity index (χ1v) is 10.3. The van der Waals surface area contributed by atoms with Crippen molar-refractivity contribution in [3.63, 3.8) is 0 Å². The van der Waals surface area contributed by atoms with E-state index in [2.05, 4.69) is 15.4 Å². The topological polar surface area (TPSA) is 111 Å². The standard InChI is InChI=1S/C21H25N3O4S/c1-11-5-4-6-16(22)18-10-15(19(29-18)12(2)25)14-8-7-13(23-21(27)28-3)9-17(14)24-20(11)26/h7-11,16H,4-6,22H2,1-3H3,(H,23,27)(H,24,26)/t11-,16?/m1/s1. The fourth-order valence-electron chi connectivity index (χ4n) is 3.36. The Bertz CT molecular complexity index is 953. The van der Waals surface area contributed by atoms with Gasteiger partial charge in [-0.2, -0.15) is 0 Å². The molecule has 154 valence electrons. The van der Waals surface area contributed by atoms with Gasteiger partial charge in [-0.15, -0.1) is 11.3 Å². The molecule has 2 amide bonds. The van der Waals surface area contributed by atoms with E-state index >= 15 is 0 Å². The van der Waals surface area contributed by atoms with Crippen LogP contribution in [0.3, 0.4) is 0 Å². The van der Waals surface area contributed by atoms with Crippen molar-refractivity contribution in [2.24, 2.45) is 11.7 Å². The number of methoxy groups -OCH3 is 1. The number of nitrogens with two attached hydrogens (primary N) is 1. The lowest BCUT2D eigenvalue weighted by molar-refractivity contribution is -0.119. The van der Waals surface area contributed by atoms with E-state index in [1.165, 1.54) is 25.4 Å². The molecule has 2 atom stereocenters. The molecule has 2 heterocycles. The van der Waals surface area contributed by atoms with Crippen molar-refractivity contribution < 1.29 is 19.1 Å². The summed E-state index contributed by atoms with van der Waals surface area (Å²) in [5.74, 6) is -0.358. The lowest BCUT2D eigenvalue weighted by Crippen LogP contribution is -2.21.